The molecule has 0 amide bonds. The van der Waals surface area contributed by atoms with Crippen molar-refractivity contribution in [1.29, 1.82) is 0 Å². The fourth-order valence-electron chi connectivity index (χ4n) is 2.39. The highest BCUT2D eigenvalue weighted by Crippen LogP contribution is 2.26. The molecule has 18 heavy (non-hydrogen) atoms. The summed E-state index contributed by atoms with van der Waals surface area (Å²) < 4.78 is 0. The van der Waals surface area contributed by atoms with Gasteiger partial charge in [0.15, 0.2) is 0 Å². The molecule has 1 aliphatic rings. The van der Waals surface area contributed by atoms with Gasteiger partial charge in [0, 0.05) is 39.9 Å². The Morgan fingerprint density at radius 3 is 2.89 bits per heavy atom. The van der Waals surface area contributed by atoms with Gasteiger partial charge in [-0.15, -0.1) is 0 Å². The van der Waals surface area contributed by atoms with Crippen LogP contribution in [0.3, 0.4) is 0 Å². The van der Waals surface area contributed by atoms with Crippen LogP contribution in [0.4, 0.5) is 11.6 Å². The summed E-state index contributed by atoms with van der Waals surface area (Å²) in [5, 5.41) is 8.99. The van der Waals surface area contributed by atoms with E-state index in [0.29, 0.717) is 5.92 Å². The van der Waals surface area contributed by atoms with Crippen molar-refractivity contribution in [2.45, 2.75) is 19.8 Å². The van der Waals surface area contributed by atoms with E-state index < -0.39 is 0 Å². The van der Waals surface area contributed by atoms with Gasteiger partial charge in [0.2, 0.25) is 0 Å². The molecule has 0 saturated carbocycles. The molecular weight excluding hydrogens is 228 g/mol. The largest absolute Gasteiger partial charge is 0.396 e. The SMILES string of the molecule is Cc1nc(N(C)C)cc(N2CCC(CCO)C2)n1. The van der Waals surface area contributed by atoms with E-state index >= 15 is 0 Å². The number of hydrogen-bond donors (Lipinski definition) is 1. The molecule has 1 aliphatic heterocycles. The van der Waals surface area contributed by atoms with Gasteiger partial charge in [-0.2, -0.15) is 0 Å². The molecule has 2 heterocycles. The Balaban J connectivity index is 2.14. The van der Waals surface area contributed by atoms with Crippen LogP contribution in [0, 0.1) is 12.8 Å². The molecule has 0 spiro atoms. The Bertz CT molecular complexity index is 408. The van der Waals surface area contributed by atoms with E-state index in [1.165, 1.54) is 0 Å². The number of hydrogen-bond acceptors (Lipinski definition) is 5. The third kappa shape index (κ3) is 2.90. The third-order valence-electron chi connectivity index (χ3n) is 3.42. The standard InChI is InChI=1S/C13H22N4O/c1-10-14-12(16(2)3)8-13(15-10)17-6-4-11(9-17)5-7-18/h8,11,18H,4-7,9H2,1-3H3. The molecule has 1 fully saturated rings. The van der Waals surface area contributed by atoms with Crippen molar-refractivity contribution >= 4 is 11.6 Å². The minimum atomic E-state index is 0.282. The molecule has 0 radical (unpaired) electrons. The lowest BCUT2D eigenvalue weighted by Crippen LogP contribution is -2.22. The van der Waals surface area contributed by atoms with Gasteiger partial charge in [-0.05, 0) is 25.7 Å². The first kappa shape index (κ1) is 13.1. The van der Waals surface area contributed by atoms with E-state index in [-0.39, 0.29) is 6.61 Å². The van der Waals surface area contributed by atoms with E-state index in [0.717, 1.165) is 43.4 Å². The first-order valence-electron chi connectivity index (χ1n) is 6.49. The second-order valence-corrected chi connectivity index (χ2v) is 5.14. The lowest BCUT2D eigenvalue weighted by Gasteiger charge is -2.20. The lowest BCUT2D eigenvalue weighted by atomic mass is 10.1. The molecule has 2 rings (SSSR count). The third-order valence-corrected chi connectivity index (χ3v) is 3.42. The summed E-state index contributed by atoms with van der Waals surface area (Å²) in [4.78, 5) is 13.2. The van der Waals surface area contributed by atoms with Crippen molar-refractivity contribution in [2.75, 3.05) is 43.6 Å². The summed E-state index contributed by atoms with van der Waals surface area (Å²) in [6.07, 6.45) is 2.03. The van der Waals surface area contributed by atoms with E-state index in [4.69, 9.17) is 5.11 Å². The van der Waals surface area contributed by atoms with Crippen LogP contribution in [-0.2, 0) is 0 Å². The Morgan fingerprint density at radius 2 is 2.22 bits per heavy atom. The maximum atomic E-state index is 8.99. The molecule has 1 atom stereocenters. The second-order valence-electron chi connectivity index (χ2n) is 5.14. The maximum Gasteiger partial charge on any atom is 0.134 e. The molecule has 1 N–H and O–H groups in total. The Morgan fingerprint density at radius 1 is 1.44 bits per heavy atom. The van der Waals surface area contributed by atoms with Crippen molar-refractivity contribution in [1.82, 2.24) is 9.97 Å². The van der Waals surface area contributed by atoms with Crippen LogP contribution in [0.25, 0.3) is 0 Å². The highest BCUT2D eigenvalue weighted by atomic mass is 16.3. The summed E-state index contributed by atoms with van der Waals surface area (Å²) in [6.45, 7) is 4.22. The summed E-state index contributed by atoms with van der Waals surface area (Å²) in [5.41, 5.74) is 0. The molecule has 1 unspecified atom stereocenters. The summed E-state index contributed by atoms with van der Waals surface area (Å²) >= 11 is 0. The minimum Gasteiger partial charge on any atom is -0.396 e. The fourth-order valence-corrected chi connectivity index (χ4v) is 2.39. The van der Waals surface area contributed by atoms with Crippen LogP contribution < -0.4 is 9.80 Å². The fraction of sp³-hybridized carbons (Fsp3) is 0.692. The summed E-state index contributed by atoms with van der Waals surface area (Å²) in [5.74, 6) is 3.35. The first-order chi connectivity index (χ1) is 8.60. The van der Waals surface area contributed by atoms with Crippen molar-refractivity contribution in [2.24, 2.45) is 5.92 Å². The predicted octanol–water partition coefficient (Wildman–Crippen LogP) is 1.06. The Hall–Kier alpha value is -1.36. The number of aryl methyl sites for hydroxylation is 1. The Labute approximate surface area is 108 Å². The zero-order valence-corrected chi connectivity index (χ0v) is 11.4. The highest BCUT2D eigenvalue weighted by Gasteiger charge is 2.23. The second kappa shape index (κ2) is 5.52. The van der Waals surface area contributed by atoms with Crippen LogP contribution in [0.2, 0.25) is 0 Å². The zero-order chi connectivity index (χ0) is 13.1. The monoisotopic (exact) mass is 250 g/mol. The molecule has 5 heteroatoms. The number of aliphatic hydroxyl groups is 1. The van der Waals surface area contributed by atoms with Gasteiger partial charge in [0.05, 0.1) is 0 Å². The number of anilines is 2. The van der Waals surface area contributed by atoms with Crippen LogP contribution in [-0.4, -0.2) is 48.9 Å². The van der Waals surface area contributed by atoms with Gasteiger partial charge < -0.3 is 14.9 Å². The molecule has 1 aromatic heterocycles. The van der Waals surface area contributed by atoms with E-state index in [9.17, 15) is 0 Å². The topological polar surface area (TPSA) is 52.5 Å². The van der Waals surface area contributed by atoms with Crippen LogP contribution >= 0.6 is 0 Å². The molecule has 100 valence electrons. The molecule has 0 aromatic carbocycles. The van der Waals surface area contributed by atoms with Crippen LogP contribution in [0.15, 0.2) is 6.07 Å². The number of nitrogens with zero attached hydrogens (tertiary/aromatic N) is 4. The quantitative estimate of drug-likeness (QED) is 0.866. The van der Waals surface area contributed by atoms with Crippen LogP contribution in [0.5, 0.6) is 0 Å². The minimum absolute atomic E-state index is 0.282. The van der Waals surface area contributed by atoms with Gasteiger partial charge >= 0.3 is 0 Å². The number of aliphatic hydroxyl groups excluding tert-OH is 1. The van der Waals surface area contributed by atoms with Crippen molar-refractivity contribution in [3.63, 3.8) is 0 Å². The van der Waals surface area contributed by atoms with Crippen molar-refractivity contribution in [3.05, 3.63) is 11.9 Å². The normalized spacial score (nSPS) is 19.3. The smallest absolute Gasteiger partial charge is 0.134 e. The highest BCUT2D eigenvalue weighted by molar-refractivity contribution is 5.50. The zero-order valence-electron chi connectivity index (χ0n) is 11.4. The van der Waals surface area contributed by atoms with Crippen molar-refractivity contribution < 1.29 is 5.11 Å². The molecule has 1 aromatic rings. The van der Waals surface area contributed by atoms with Gasteiger partial charge in [0.25, 0.3) is 0 Å². The lowest BCUT2D eigenvalue weighted by molar-refractivity contribution is 0.263. The number of aromatic nitrogens is 2. The summed E-state index contributed by atoms with van der Waals surface area (Å²) in [6, 6.07) is 2.04. The first-order valence-corrected chi connectivity index (χ1v) is 6.49. The molecule has 0 bridgehead atoms. The van der Waals surface area contributed by atoms with E-state index in [1.54, 1.807) is 0 Å². The number of rotatable bonds is 4. The Kier molecular flexibility index (Phi) is 4.01. The predicted molar refractivity (Wildman–Crippen MR) is 73.1 cm³/mol. The van der Waals surface area contributed by atoms with Crippen LogP contribution in [0.1, 0.15) is 18.7 Å². The van der Waals surface area contributed by atoms with Gasteiger partial charge in [-0.25, -0.2) is 9.97 Å². The average molecular weight is 250 g/mol. The molecule has 5 nitrogen and oxygen atoms in total. The average Bonchev–Trinajstić information content (AvgIpc) is 2.77. The van der Waals surface area contributed by atoms with E-state index in [1.807, 2.05) is 32.0 Å². The van der Waals surface area contributed by atoms with Gasteiger partial charge in [-0.3, -0.25) is 0 Å². The molecule has 0 aliphatic carbocycles. The molecular formula is C13H22N4O. The molecule has 1 saturated heterocycles. The van der Waals surface area contributed by atoms with Gasteiger partial charge in [-0.1, -0.05) is 0 Å². The maximum absolute atomic E-state index is 8.99. The van der Waals surface area contributed by atoms with E-state index in [2.05, 4.69) is 14.9 Å². The summed E-state index contributed by atoms with van der Waals surface area (Å²) in [7, 11) is 3.98. The van der Waals surface area contributed by atoms with Gasteiger partial charge in [0.1, 0.15) is 17.5 Å². The van der Waals surface area contributed by atoms with Crippen molar-refractivity contribution in [3.8, 4) is 0 Å².